The highest BCUT2D eigenvalue weighted by Gasteiger charge is 2.38. The van der Waals surface area contributed by atoms with Crippen molar-refractivity contribution in [1.82, 2.24) is 0 Å². The Balaban J connectivity index is 2.24. The Morgan fingerprint density at radius 2 is 1.67 bits per heavy atom. The molecule has 160 valence electrons. The van der Waals surface area contributed by atoms with Crippen molar-refractivity contribution in [3.05, 3.63) is 53.1 Å². The van der Waals surface area contributed by atoms with Gasteiger partial charge in [0, 0.05) is 17.2 Å². The Kier molecular flexibility index (Phi) is 5.98. The molecule has 2 aromatic carbocycles. The smallest absolute Gasteiger partial charge is 0.328 e. The van der Waals surface area contributed by atoms with Crippen LogP contribution in [0.5, 0.6) is 11.5 Å². The summed E-state index contributed by atoms with van der Waals surface area (Å²) < 4.78 is 6.14. The Morgan fingerprint density at radius 3 is 2.27 bits per heavy atom. The summed E-state index contributed by atoms with van der Waals surface area (Å²) >= 11 is 0. The van der Waals surface area contributed by atoms with E-state index in [0.717, 1.165) is 36.7 Å². The highest BCUT2D eigenvalue weighted by Crippen LogP contribution is 2.50. The molecule has 0 saturated carbocycles. The number of carboxylic acids is 1. The Bertz CT molecular complexity index is 983. The predicted molar refractivity (Wildman–Crippen MR) is 121 cm³/mol. The van der Waals surface area contributed by atoms with E-state index < -0.39 is 5.97 Å². The van der Waals surface area contributed by atoms with Crippen LogP contribution in [0.25, 0.3) is 17.2 Å². The summed E-state index contributed by atoms with van der Waals surface area (Å²) in [6.07, 6.45) is 5.72. The minimum Gasteiger partial charge on any atom is -0.507 e. The first-order valence-electron chi connectivity index (χ1n) is 10.6. The number of hydrogen-bond acceptors (Lipinski definition) is 3. The molecule has 2 N–H and O–H groups in total. The van der Waals surface area contributed by atoms with Gasteiger partial charge in [-0.05, 0) is 77.1 Å². The third-order valence-electron chi connectivity index (χ3n) is 6.14. The lowest BCUT2D eigenvalue weighted by Gasteiger charge is -2.42. The molecule has 0 saturated heterocycles. The molecule has 4 heteroatoms. The van der Waals surface area contributed by atoms with Gasteiger partial charge in [0.05, 0.1) is 6.61 Å². The van der Waals surface area contributed by atoms with Crippen LogP contribution < -0.4 is 4.74 Å². The summed E-state index contributed by atoms with van der Waals surface area (Å²) in [5.74, 6) is -0.0953. The predicted octanol–water partition coefficient (Wildman–Crippen LogP) is 6.29. The van der Waals surface area contributed by atoms with Gasteiger partial charge >= 0.3 is 5.97 Å². The highest BCUT2D eigenvalue weighted by molar-refractivity contribution is 5.86. The van der Waals surface area contributed by atoms with Crippen molar-refractivity contribution in [3.63, 3.8) is 0 Å². The van der Waals surface area contributed by atoms with Gasteiger partial charge in [-0.1, -0.05) is 40.7 Å². The van der Waals surface area contributed by atoms with Gasteiger partial charge in [-0.25, -0.2) is 4.79 Å². The molecule has 0 aromatic heterocycles. The van der Waals surface area contributed by atoms with Crippen molar-refractivity contribution in [2.75, 3.05) is 6.61 Å². The minimum atomic E-state index is -1.01. The van der Waals surface area contributed by atoms with Gasteiger partial charge in [-0.2, -0.15) is 0 Å². The summed E-state index contributed by atoms with van der Waals surface area (Å²) in [5.41, 5.74) is 4.87. The van der Waals surface area contributed by atoms with Crippen molar-refractivity contribution < 1.29 is 19.7 Å². The zero-order valence-electron chi connectivity index (χ0n) is 18.6. The molecule has 3 rings (SSSR count). The lowest BCUT2D eigenvalue weighted by Crippen LogP contribution is -2.34. The number of phenolic OH excluding ortho intramolecular Hbond substituents is 1. The van der Waals surface area contributed by atoms with E-state index in [2.05, 4.69) is 46.8 Å². The molecule has 0 atom stereocenters. The second-order valence-corrected chi connectivity index (χ2v) is 9.46. The summed E-state index contributed by atoms with van der Waals surface area (Å²) in [5, 5.41) is 19.6. The van der Waals surface area contributed by atoms with E-state index >= 15 is 0 Å². The van der Waals surface area contributed by atoms with Crippen LogP contribution in [0.2, 0.25) is 0 Å². The molecule has 0 unspecified atom stereocenters. The van der Waals surface area contributed by atoms with Gasteiger partial charge in [0.2, 0.25) is 0 Å². The molecule has 0 bridgehead atoms. The van der Waals surface area contributed by atoms with E-state index in [4.69, 9.17) is 9.84 Å². The first-order valence-corrected chi connectivity index (χ1v) is 10.6. The Morgan fingerprint density at radius 1 is 1.03 bits per heavy atom. The van der Waals surface area contributed by atoms with E-state index in [1.165, 1.54) is 17.2 Å². The van der Waals surface area contributed by atoms with Gasteiger partial charge < -0.3 is 14.9 Å². The SMILES string of the molecule is CCCOc1cc2c(cc1-c1cc(/C=C/C(=O)O)ccc1O)C(C)(C)CCC2(C)C. The third kappa shape index (κ3) is 4.38. The molecule has 0 spiro atoms. The van der Waals surface area contributed by atoms with Crippen LogP contribution in [-0.4, -0.2) is 22.8 Å². The lowest BCUT2D eigenvalue weighted by atomic mass is 9.62. The lowest BCUT2D eigenvalue weighted by molar-refractivity contribution is -0.131. The number of aliphatic carboxylic acids is 1. The van der Waals surface area contributed by atoms with Crippen molar-refractivity contribution in [2.45, 2.75) is 64.7 Å². The van der Waals surface area contributed by atoms with Gasteiger partial charge in [-0.15, -0.1) is 0 Å². The fraction of sp³-hybridized carbons (Fsp3) is 0.423. The molecule has 0 radical (unpaired) electrons. The Labute approximate surface area is 179 Å². The summed E-state index contributed by atoms with van der Waals surface area (Å²) in [6.45, 7) is 11.7. The number of carbonyl (C=O) groups is 1. The summed E-state index contributed by atoms with van der Waals surface area (Å²) in [7, 11) is 0. The van der Waals surface area contributed by atoms with Crippen LogP contribution in [0.3, 0.4) is 0 Å². The number of rotatable bonds is 6. The van der Waals surface area contributed by atoms with Gasteiger partial charge in [-0.3, -0.25) is 0 Å². The molecule has 0 amide bonds. The molecule has 2 aromatic rings. The fourth-order valence-corrected chi connectivity index (χ4v) is 4.18. The largest absolute Gasteiger partial charge is 0.507 e. The monoisotopic (exact) mass is 408 g/mol. The fourth-order valence-electron chi connectivity index (χ4n) is 4.18. The van der Waals surface area contributed by atoms with Crippen LogP contribution in [0, 0.1) is 0 Å². The second-order valence-electron chi connectivity index (χ2n) is 9.46. The summed E-state index contributed by atoms with van der Waals surface area (Å²) in [4.78, 5) is 10.9. The number of ether oxygens (including phenoxy) is 1. The number of benzene rings is 2. The van der Waals surface area contributed by atoms with Crippen molar-refractivity contribution in [2.24, 2.45) is 0 Å². The quantitative estimate of drug-likeness (QED) is 0.551. The number of hydrogen-bond donors (Lipinski definition) is 2. The number of phenols is 1. The molecule has 4 nitrogen and oxygen atoms in total. The van der Waals surface area contributed by atoms with Crippen LogP contribution in [0.1, 0.15) is 70.6 Å². The number of carboxylic acid groups (broad SMARTS) is 1. The van der Waals surface area contributed by atoms with Gasteiger partial charge in [0.15, 0.2) is 0 Å². The molecular formula is C26H32O4. The minimum absolute atomic E-state index is 0.0271. The highest BCUT2D eigenvalue weighted by atomic mass is 16.5. The molecule has 1 aliphatic rings. The first-order chi connectivity index (χ1) is 14.0. The van der Waals surface area contributed by atoms with Gasteiger partial charge in [0.1, 0.15) is 11.5 Å². The zero-order chi connectivity index (χ0) is 22.1. The van der Waals surface area contributed by atoms with E-state index in [9.17, 15) is 9.90 Å². The second kappa shape index (κ2) is 8.17. The van der Waals surface area contributed by atoms with Crippen molar-refractivity contribution in [1.29, 1.82) is 0 Å². The number of fused-ring (bicyclic) bond motifs is 1. The van der Waals surface area contributed by atoms with E-state index in [0.29, 0.717) is 17.7 Å². The molecule has 0 fully saturated rings. The molecule has 1 aliphatic carbocycles. The van der Waals surface area contributed by atoms with E-state index in [1.807, 2.05) is 6.07 Å². The third-order valence-corrected chi connectivity index (χ3v) is 6.14. The van der Waals surface area contributed by atoms with Gasteiger partial charge in [0.25, 0.3) is 0 Å². The maximum Gasteiger partial charge on any atom is 0.328 e. The molecular weight excluding hydrogens is 376 g/mol. The average Bonchev–Trinajstić information content (AvgIpc) is 2.69. The van der Waals surface area contributed by atoms with Crippen LogP contribution in [0.4, 0.5) is 0 Å². The van der Waals surface area contributed by atoms with Crippen molar-refractivity contribution in [3.8, 4) is 22.6 Å². The summed E-state index contributed by atoms with van der Waals surface area (Å²) in [6, 6.07) is 9.45. The van der Waals surface area contributed by atoms with Crippen molar-refractivity contribution >= 4 is 12.0 Å². The van der Waals surface area contributed by atoms with Crippen LogP contribution >= 0.6 is 0 Å². The normalized spacial score (nSPS) is 17.0. The van der Waals surface area contributed by atoms with Crippen LogP contribution in [-0.2, 0) is 15.6 Å². The maximum atomic E-state index is 10.9. The topological polar surface area (TPSA) is 66.8 Å². The number of aromatic hydroxyl groups is 1. The first kappa shape index (κ1) is 21.9. The zero-order valence-corrected chi connectivity index (χ0v) is 18.6. The molecule has 30 heavy (non-hydrogen) atoms. The molecule has 0 aliphatic heterocycles. The Hall–Kier alpha value is -2.75. The van der Waals surface area contributed by atoms with Crippen LogP contribution in [0.15, 0.2) is 36.4 Å². The maximum absolute atomic E-state index is 10.9. The molecule has 0 heterocycles. The average molecular weight is 409 g/mol. The van der Waals surface area contributed by atoms with E-state index in [1.54, 1.807) is 12.1 Å². The standard InChI is InChI=1S/C26H32O4/c1-6-13-30-23-16-21-20(25(2,3)11-12-26(21,4)5)15-19(23)18-14-17(7-9-22(18)27)8-10-24(28)29/h7-10,14-16,27H,6,11-13H2,1-5H3,(H,28,29)/b10-8+. The van der Waals surface area contributed by atoms with E-state index in [-0.39, 0.29) is 16.6 Å².